The number of rotatable bonds is 24. The molecule has 3 heterocycles. The monoisotopic (exact) mass is 1790 g/mol. The van der Waals surface area contributed by atoms with Gasteiger partial charge in [0.1, 0.15) is 23.2 Å². The van der Waals surface area contributed by atoms with Gasteiger partial charge in [-0.3, -0.25) is 14.4 Å². The van der Waals surface area contributed by atoms with Crippen molar-refractivity contribution in [3.8, 4) is 17.1 Å². The number of hydrogen-bond acceptors (Lipinski definition) is 17. The smallest absolute Gasteiger partial charge is 1.00 e. The summed E-state index contributed by atoms with van der Waals surface area (Å²) in [5, 5.41) is 69.6. The molecule has 0 aliphatic heterocycles. The number of unbranched alkanes of at least 4 members (excludes halogenated alkanes) is 2. The van der Waals surface area contributed by atoms with Crippen molar-refractivity contribution in [2.24, 2.45) is 22.9 Å². The van der Waals surface area contributed by atoms with Gasteiger partial charge in [0.15, 0.2) is 11.4 Å². The molecule has 9 aromatic carbocycles. The summed E-state index contributed by atoms with van der Waals surface area (Å²) < 4.78 is 13.9. The number of aliphatic hydroxyl groups excluding tert-OH is 4. The van der Waals surface area contributed by atoms with Crippen LogP contribution in [-0.4, -0.2) is 130 Å². The van der Waals surface area contributed by atoms with Gasteiger partial charge in [-0.2, -0.15) is 15.3 Å². The predicted octanol–water partition coefficient (Wildman–Crippen LogP) is 14.0. The van der Waals surface area contributed by atoms with Crippen LogP contribution >= 0.6 is 21.4 Å². The second-order valence-electron chi connectivity index (χ2n) is 31.4. The van der Waals surface area contributed by atoms with Crippen LogP contribution < -0.4 is 79.1 Å². The number of amides is 3. The van der Waals surface area contributed by atoms with Gasteiger partial charge >= 0.3 is 29.6 Å². The topological polar surface area (TPSA) is 376 Å². The summed E-state index contributed by atoms with van der Waals surface area (Å²) in [6.45, 7) is 22.1. The summed E-state index contributed by atoms with van der Waals surface area (Å²) >= 11 is 0. The number of halogens is 2. The average molecular weight is 1790 g/mol. The molecule has 15 rings (SSSR count). The molecule has 12 aromatic rings. The summed E-state index contributed by atoms with van der Waals surface area (Å²) in [5.74, 6) is -0.840. The Morgan fingerprint density at radius 3 is 1.09 bits per heavy atom. The molecule has 0 bridgehead atoms. The second kappa shape index (κ2) is 53.4. The van der Waals surface area contributed by atoms with E-state index in [1.165, 1.54) is 11.1 Å². The number of aryl methyl sites for hydroxylation is 3. The van der Waals surface area contributed by atoms with Crippen molar-refractivity contribution in [3.05, 3.63) is 351 Å². The zero-order valence-corrected chi connectivity index (χ0v) is 77.1. The van der Waals surface area contributed by atoms with Gasteiger partial charge in [-0.25, -0.2) is 27.9 Å². The molecule has 663 valence electrons. The Kier molecular flexibility index (Phi) is 42.9. The molecule has 3 saturated carbocycles. The fraction of sp³-hybridized carbons (Fsp3) is 0.306. The third-order valence-corrected chi connectivity index (χ3v) is 21.6. The number of hydrogen-bond donors (Lipinski definition) is 13. The summed E-state index contributed by atoms with van der Waals surface area (Å²) in [6, 6.07) is 81.0. The molecule has 128 heavy (non-hydrogen) atoms. The van der Waals surface area contributed by atoms with Crippen molar-refractivity contribution < 1.29 is 70.0 Å². The number of carbonyl (C=O) groups excluding carboxylic acids is 3. The Hall–Kier alpha value is -10.6. The minimum Gasteiger partial charge on any atom is -1.00 e. The van der Waals surface area contributed by atoms with Crippen molar-refractivity contribution in [1.29, 1.82) is 0 Å². The van der Waals surface area contributed by atoms with Gasteiger partial charge in [0.2, 0.25) is 9.23 Å². The number of benzene rings is 9. The quantitative estimate of drug-likeness (QED) is 0.0116. The first kappa shape index (κ1) is 103. The van der Waals surface area contributed by atoms with Crippen molar-refractivity contribution in [1.82, 2.24) is 40.0 Å². The molecule has 3 atom stereocenters. The van der Waals surface area contributed by atoms with Gasteiger partial charge in [-0.1, -0.05) is 170 Å². The number of carbonyl (C=O) groups is 3. The predicted molar refractivity (Wildman–Crippen MR) is 509 cm³/mol. The van der Waals surface area contributed by atoms with Crippen LogP contribution in [0.25, 0.3) is 26.8 Å². The van der Waals surface area contributed by atoms with E-state index in [2.05, 4.69) is 109 Å². The molecule has 3 fully saturated rings. The fourth-order valence-electron chi connectivity index (χ4n) is 15.2. The minimum absolute atomic E-state index is 0. The Morgan fingerprint density at radius 1 is 0.438 bits per heavy atom. The number of aliphatic hydroxyl groups is 4. The summed E-state index contributed by atoms with van der Waals surface area (Å²) in [4.78, 5) is 46.8. The molecule has 0 spiro atoms. The maximum absolute atomic E-state index is 13.4. The maximum Gasteiger partial charge on any atom is 1.00 e. The summed E-state index contributed by atoms with van der Waals surface area (Å²) in [5.41, 5.74) is 37.1. The van der Waals surface area contributed by atoms with Gasteiger partial charge in [0.25, 0.3) is 17.7 Å². The number of aromatic nitrogens is 6. The Bertz CT molecular complexity index is 5550. The minimum atomic E-state index is -1.67. The van der Waals surface area contributed by atoms with Crippen LogP contribution in [0.15, 0.2) is 255 Å². The first-order chi connectivity index (χ1) is 61.0. The SMILES string of the molecule is Cc1cc(C(=O)Nc2cccc(C(NC3CCC(O)CC3)c3ccccc3)c2)n(-c2cccc(CN)c2)n1.NC1CCC(O)CC1.NCCCCCN.O=S(Cl)Cl.[B].[C-]#[N+]c1cccc(-n2nc(C)cc2C(=O)Nc2cccc(C(NC3CCC(O)CC3)c3ccccc3)c2)c1.[C-]#[N+]c1cccc(-n2nc(C)cc2C(=O)Nc2cccc(C(O)c3ccccc3)c2)c1.[H-].[Na+]. The molecule has 25 nitrogen and oxygen atoms in total. The van der Waals surface area contributed by atoms with Gasteiger partial charge in [-0.15, -0.1) is 0 Å². The molecule has 3 unspecified atom stereocenters. The first-order valence-corrected chi connectivity index (χ1v) is 45.3. The van der Waals surface area contributed by atoms with E-state index in [4.69, 9.17) is 45.4 Å². The van der Waals surface area contributed by atoms with Gasteiger partial charge in [-0.05, 0) is 254 Å². The standard InChI is InChI=1S/C31H31N5O2.C31H35N5O2.C25H20N4O2.C6H13NO.C5H14N2.B.Cl2OS.Na.H/c1-21-18-29(36(35-21)27-13-7-11-25(20-27)32-2)31(38)34-26-12-6-10-23(19-26)30(22-8-4-3-5-9-22)33-24-14-16-28(37)17-15-24;1-21-17-29(36(35-21)27-12-5-7-22(18-27)20-32)31(38)34-26-11-6-10-24(19-26)30(23-8-3-2-4-9-23)33-25-13-15-28(37)16-14-25;1-17-14-23(29(28-17)22-13-7-11-20(16-22)26-2)25(31)27-21-12-6-10-19(15-21)24(30)18-8-4-3-5-9-18;7-5-1-3-6(8)4-2-5;6-4-2-1-3-5-7;;1-4(2)3;;/h3-13,18-20,24,28,30,33,37H,14-17H2,1H3,(H,34,38);2-12,17-19,25,28,30,33,37H,13-16,20,32H2,1H3,(H,34,38);3-16,24,30H,1H3,(H,27,31);5-6,8H,1-4,7H2;1-7H2;;;;/q;;;;;;;+1;-1. The van der Waals surface area contributed by atoms with Crippen LogP contribution in [0.4, 0.5) is 28.4 Å². The van der Waals surface area contributed by atoms with Gasteiger partial charge in [0.05, 0.1) is 77.7 Å². The fourth-order valence-corrected chi connectivity index (χ4v) is 15.2. The Morgan fingerprint density at radius 2 is 0.750 bits per heavy atom. The Balaban J connectivity index is 0.000000238. The Labute approximate surface area is 787 Å². The van der Waals surface area contributed by atoms with E-state index in [9.17, 15) is 29.7 Å². The molecule has 30 heteroatoms. The zero-order valence-electron chi connectivity index (χ0n) is 73.7. The maximum atomic E-state index is 13.4. The molecule has 3 radical (unpaired) electrons. The summed E-state index contributed by atoms with van der Waals surface area (Å²) in [6.07, 6.45) is 13.0. The molecular weight excluding hydrogens is 1680 g/mol. The van der Waals surface area contributed by atoms with Gasteiger partial charge in [0, 0.05) is 71.5 Å². The number of nitrogens with zero attached hydrogens (tertiary/aromatic N) is 8. The number of nitrogens with two attached hydrogens (primary N) is 4. The van der Waals surface area contributed by atoms with E-state index in [1.807, 2.05) is 160 Å². The van der Waals surface area contributed by atoms with Crippen LogP contribution in [0.3, 0.4) is 0 Å². The van der Waals surface area contributed by atoms with Crippen LogP contribution in [-0.2, 0) is 15.8 Å². The normalized spacial score (nSPS) is 16.8. The van der Waals surface area contributed by atoms with Crippen LogP contribution in [0.1, 0.15) is 203 Å². The number of anilines is 3. The van der Waals surface area contributed by atoms with Crippen LogP contribution in [0.2, 0.25) is 0 Å². The van der Waals surface area contributed by atoms with Gasteiger partial charge < -0.3 is 71.4 Å². The van der Waals surface area contributed by atoms with E-state index in [0.29, 0.717) is 92.8 Å². The van der Waals surface area contributed by atoms with E-state index in [-0.39, 0.29) is 87.5 Å². The zero-order chi connectivity index (χ0) is 89.9. The summed E-state index contributed by atoms with van der Waals surface area (Å²) in [7, 11) is 7.36. The molecule has 3 aliphatic rings. The van der Waals surface area contributed by atoms with Crippen molar-refractivity contribution in [2.45, 2.75) is 178 Å². The first-order valence-electron chi connectivity index (χ1n) is 42.5. The molecule has 3 amide bonds. The van der Waals surface area contributed by atoms with E-state index < -0.39 is 15.3 Å². The third kappa shape index (κ3) is 32.0. The van der Waals surface area contributed by atoms with Crippen LogP contribution in [0.5, 0.6) is 0 Å². The molecule has 3 aliphatic carbocycles. The van der Waals surface area contributed by atoms with Crippen molar-refractivity contribution in [2.75, 3.05) is 29.0 Å². The van der Waals surface area contributed by atoms with E-state index in [0.717, 1.165) is 153 Å². The molecule has 17 N–H and O–H groups in total. The average Bonchev–Trinajstić information content (AvgIpc) is 1.72. The second-order valence-corrected chi connectivity index (χ2v) is 33.9. The largest absolute Gasteiger partial charge is 1.00 e. The molecule has 3 aromatic heterocycles. The van der Waals surface area contributed by atoms with Crippen molar-refractivity contribution >= 4 is 85.2 Å². The van der Waals surface area contributed by atoms with E-state index >= 15 is 0 Å². The molecular formula is C98H114BCl2N17NaO8S. The van der Waals surface area contributed by atoms with E-state index in [1.54, 1.807) is 88.2 Å². The molecule has 0 saturated heterocycles. The third-order valence-electron chi connectivity index (χ3n) is 21.6. The van der Waals surface area contributed by atoms with Crippen LogP contribution in [0, 0.1) is 33.9 Å². The number of nitrogens with one attached hydrogen (secondary N) is 5. The van der Waals surface area contributed by atoms with Crippen molar-refractivity contribution in [3.63, 3.8) is 0 Å².